The van der Waals surface area contributed by atoms with Gasteiger partial charge in [0, 0.05) is 5.56 Å². The van der Waals surface area contributed by atoms with E-state index in [9.17, 15) is 4.79 Å². The first-order valence-corrected chi connectivity index (χ1v) is 6.08. The molecule has 0 saturated carbocycles. The molecule has 2 N–H and O–H groups in total. The van der Waals surface area contributed by atoms with Gasteiger partial charge in [-0.15, -0.1) is 6.58 Å². The molecule has 0 aromatic heterocycles. The van der Waals surface area contributed by atoms with E-state index in [1.807, 2.05) is 20.8 Å². The van der Waals surface area contributed by atoms with Gasteiger partial charge in [-0.1, -0.05) is 18.2 Å². The summed E-state index contributed by atoms with van der Waals surface area (Å²) in [5.41, 5.74) is 6.44. The van der Waals surface area contributed by atoms with Gasteiger partial charge in [0.05, 0.1) is 13.2 Å². The van der Waals surface area contributed by atoms with Gasteiger partial charge in [-0.25, -0.2) is 4.79 Å². The van der Waals surface area contributed by atoms with Crippen molar-refractivity contribution in [2.45, 2.75) is 32.4 Å². The zero-order valence-corrected chi connectivity index (χ0v) is 11.9. The van der Waals surface area contributed by atoms with E-state index in [0.29, 0.717) is 16.9 Å². The summed E-state index contributed by atoms with van der Waals surface area (Å²) in [6, 6.07) is 4.82. The molecular formula is C15H21NO3. The van der Waals surface area contributed by atoms with Gasteiger partial charge in [0.2, 0.25) is 0 Å². The van der Waals surface area contributed by atoms with Gasteiger partial charge in [0.15, 0.2) is 0 Å². The van der Waals surface area contributed by atoms with Crippen LogP contribution in [0.15, 0.2) is 30.9 Å². The minimum absolute atomic E-state index is 0.368. The molecule has 104 valence electrons. The Bertz CT molecular complexity index is 475. The van der Waals surface area contributed by atoms with Gasteiger partial charge in [-0.2, -0.15) is 0 Å². The summed E-state index contributed by atoms with van der Waals surface area (Å²) in [6.07, 6.45) is 1.59. The molecule has 1 atom stereocenters. The standard InChI is InChI=1S/C15H21NO3/c1-6-12(16)10-8-7-9-11(13(10)18-5)14(17)19-15(2,3)4/h6-9,12H,1,16H2,2-5H3. The average Bonchev–Trinajstić information content (AvgIpc) is 2.34. The molecule has 4 heteroatoms. The van der Waals surface area contributed by atoms with E-state index in [2.05, 4.69) is 6.58 Å². The van der Waals surface area contributed by atoms with Crippen molar-refractivity contribution >= 4 is 5.97 Å². The van der Waals surface area contributed by atoms with Crippen molar-refractivity contribution < 1.29 is 14.3 Å². The maximum absolute atomic E-state index is 12.1. The van der Waals surface area contributed by atoms with Gasteiger partial charge < -0.3 is 15.2 Å². The van der Waals surface area contributed by atoms with Crippen molar-refractivity contribution in [1.82, 2.24) is 0 Å². The second-order valence-electron chi connectivity index (χ2n) is 5.19. The van der Waals surface area contributed by atoms with Crippen LogP contribution < -0.4 is 10.5 Å². The van der Waals surface area contributed by atoms with Crippen LogP contribution >= 0.6 is 0 Å². The van der Waals surface area contributed by atoms with Gasteiger partial charge in [0.1, 0.15) is 16.9 Å². The Labute approximate surface area is 114 Å². The predicted octanol–water partition coefficient (Wildman–Crippen LogP) is 2.84. The fourth-order valence-electron chi connectivity index (χ4n) is 1.67. The lowest BCUT2D eigenvalue weighted by molar-refractivity contribution is 0.00663. The molecule has 1 aromatic rings. The molecule has 0 fully saturated rings. The normalized spacial score (nSPS) is 12.7. The second-order valence-corrected chi connectivity index (χ2v) is 5.19. The number of methoxy groups -OCH3 is 1. The zero-order valence-electron chi connectivity index (χ0n) is 11.9. The molecule has 0 aliphatic rings. The van der Waals surface area contributed by atoms with Gasteiger partial charge in [-0.05, 0) is 26.8 Å². The Balaban J connectivity index is 3.21. The molecule has 1 aromatic carbocycles. The summed E-state index contributed by atoms with van der Waals surface area (Å²) in [5, 5.41) is 0. The molecule has 0 radical (unpaired) electrons. The van der Waals surface area contributed by atoms with Crippen molar-refractivity contribution in [3.63, 3.8) is 0 Å². The predicted molar refractivity (Wildman–Crippen MR) is 75.3 cm³/mol. The number of carbonyl (C=O) groups excluding carboxylic acids is 1. The second kappa shape index (κ2) is 5.89. The molecule has 0 saturated heterocycles. The van der Waals surface area contributed by atoms with Crippen LogP contribution in [0.3, 0.4) is 0 Å². The van der Waals surface area contributed by atoms with E-state index >= 15 is 0 Å². The number of carbonyl (C=O) groups is 1. The average molecular weight is 263 g/mol. The molecular weight excluding hydrogens is 242 g/mol. The smallest absolute Gasteiger partial charge is 0.342 e. The number of hydrogen-bond acceptors (Lipinski definition) is 4. The Morgan fingerprint density at radius 3 is 2.53 bits per heavy atom. The van der Waals surface area contributed by atoms with Crippen molar-refractivity contribution in [1.29, 1.82) is 0 Å². The number of hydrogen-bond donors (Lipinski definition) is 1. The van der Waals surface area contributed by atoms with Crippen LogP contribution in [0.1, 0.15) is 42.7 Å². The largest absolute Gasteiger partial charge is 0.495 e. The summed E-state index contributed by atoms with van der Waals surface area (Å²) in [7, 11) is 1.50. The summed E-state index contributed by atoms with van der Waals surface area (Å²) in [5.74, 6) is 0.00612. The van der Waals surface area contributed by atoms with Crippen LogP contribution in [0, 0.1) is 0 Å². The first-order valence-electron chi connectivity index (χ1n) is 6.08. The lowest BCUT2D eigenvalue weighted by Gasteiger charge is -2.21. The van der Waals surface area contributed by atoms with Crippen LogP contribution in [-0.2, 0) is 4.74 Å². The SMILES string of the molecule is C=CC(N)c1cccc(C(=O)OC(C)(C)C)c1OC. The molecule has 1 unspecified atom stereocenters. The minimum Gasteiger partial charge on any atom is -0.495 e. The van der Waals surface area contributed by atoms with Crippen molar-refractivity contribution in [3.8, 4) is 5.75 Å². The van der Waals surface area contributed by atoms with Crippen LogP contribution in [-0.4, -0.2) is 18.7 Å². The highest BCUT2D eigenvalue weighted by Gasteiger charge is 2.23. The molecule has 0 spiro atoms. The van der Waals surface area contributed by atoms with Crippen molar-refractivity contribution in [2.24, 2.45) is 5.73 Å². The van der Waals surface area contributed by atoms with Gasteiger partial charge in [0.25, 0.3) is 0 Å². The van der Waals surface area contributed by atoms with E-state index in [1.54, 1.807) is 24.3 Å². The molecule has 1 rings (SSSR count). The third-order valence-electron chi connectivity index (χ3n) is 2.48. The Kier molecular flexibility index (Phi) is 4.72. The Morgan fingerprint density at radius 2 is 2.05 bits per heavy atom. The number of esters is 1. The summed E-state index contributed by atoms with van der Waals surface area (Å²) in [4.78, 5) is 12.1. The fraction of sp³-hybridized carbons (Fsp3) is 0.400. The Morgan fingerprint density at radius 1 is 1.42 bits per heavy atom. The van der Waals surface area contributed by atoms with Crippen molar-refractivity contribution in [2.75, 3.05) is 7.11 Å². The highest BCUT2D eigenvalue weighted by molar-refractivity contribution is 5.93. The molecule has 0 aliphatic carbocycles. The lowest BCUT2D eigenvalue weighted by atomic mass is 10.0. The van der Waals surface area contributed by atoms with Crippen LogP contribution in [0.25, 0.3) is 0 Å². The minimum atomic E-state index is -0.557. The maximum atomic E-state index is 12.1. The molecule has 19 heavy (non-hydrogen) atoms. The monoisotopic (exact) mass is 263 g/mol. The Hall–Kier alpha value is -1.81. The van der Waals surface area contributed by atoms with Crippen LogP contribution in [0.4, 0.5) is 0 Å². The summed E-state index contributed by atoms with van der Waals surface area (Å²) >= 11 is 0. The quantitative estimate of drug-likeness (QED) is 0.670. The number of ether oxygens (including phenoxy) is 2. The molecule has 0 amide bonds. The highest BCUT2D eigenvalue weighted by atomic mass is 16.6. The summed E-state index contributed by atoms with van der Waals surface area (Å²) in [6.45, 7) is 9.10. The van der Waals surface area contributed by atoms with Crippen LogP contribution in [0.5, 0.6) is 5.75 Å². The van der Waals surface area contributed by atoms with E-state index in [4.69, 9.17) is 15.2 Å². The number of benzene rings is 1. The van der Waals surface area contributed by atoms with E-state index < -0.39 is 17.6 Å². The number of nitrogens with two attached hydrogens (primary N) is 1. The van der Waals surface area contributed by atoms with Gasteiger partial charge >= 0.3 is 5.97 Å². The molecule has 0 heterocycles. The fourth-order valence-corrected chi connectivity index (χ4v) is 1.67. The molecule has 0 aliphatic heterocycles. The third-order valence-corrected chi connectivity index (χ3v) is 2.48. The van der Waals surface area contributed by atoms with E-state index in [0.717, 1.165) is 0 Å². The zero-order chi connectivity index (χ0) is 14.6. The lowest BCUT2D eigenvalue weighted by Crippen LogP contribution is -2.24. The van der Waals surface area contributed by atoms with E-state index in [1.165, 1.54) is 7.11 Å². The number of rotatable bonds is 4. The molecule has 0 bridgehead atoms. The van der Waals surface area contributed by atoms with Crippen LogP contribution in [0.2, 0.25) is 0 Å². The maximum Gasteiger partial charge on any atom is 0.342 e. The van der Waals surface area contributed by atoms with E-state index in [-0.39, 0.29) is 0 Å². The highest BCUT2D eigenvalue weighted by Crippen LogP contribution is 2.29. The first kappa shape index (κ1) is 15.2. The third kappa shape index (κ3) is 3.83. The summed E-state index contributed by atoms with van der Waals surface area (Å²) < 4.78 is 10.7. The van der Waals surface area contributed by atoms with Crippen molar-refractivity contribution in [3.05, 3.63) is 42.0 Å². The first-order chi connectivity index (χ1) is 8.80. The van der Waals surface area contributed by atoms with Gasteiger partial charge in [-0.3, -0.25) is 0 Å². The molecule has 4 nitrogen and oxygen atoms in total. The number of para-hydroxylation sites is 1. The topological polar surface area (TPSA) is 61.6 Å².